The van der Waals surface area contributed by atoms with Crippen LogP contribution in [-0.4, -0.2) is 41.3 Å². The summed E-state index contributed by atoms with van der Waals surface area (Å²) < 4.78 is 57.5. The van der Waals surface area contributed by atoms with Gasteiger partial charge in [0.05, 0.1) is 24.0 Å². The molecule has 208 valence electrons. The number of methoxy groups -OCH3 is 2. The maximum atomic E-state index is 11.8. The molecule has 0 unspecified atom stereocenters. The van der Waals surface area contributed by atoms with Crippen molar-refractivity contribution in [2.24, 2.45) is 30.7 Å². The minimum Gasteiger partial charge on any atom is -0.503 e. The standard InChI is InChI=1S/C24H22N6O8S2/c1-37-19-9-7-13(39(25,33)34)11-17(19)27-29-21-15-5-3-4-6-16(15)22(24(32)23(21)31)30-28-18-12-14(40(26,35)36)8-10-20(18)38-2/h3-12,31-32H,1-2H3,(H2,25,33,34)(H2,26,35,36). The number of hydrogen-bond donors (Lipinski definition) is 4. The molecule has 0 saturated heterocycles. The molecule has 0 aliphatic heterocycles. The van der Waals surface area contributed by atoms with Crippen LogP contribution in [0.15, 0.2) is 90.9 Å². The van der Waals surface area contributed by atoms with Crippen molar-refractivity contribution in [2.75, 3.05) is 14.2 Å². The smallest absolute Gasteiger partial charge is 0.238 e. The van der Waals surface area contributed by atoms with Crippen molar-refractivity contribution >= 4 is 53.6 Å². The quantitative estimate of drug-likeness (QED) is 0.170. The Hall–Kier alpha value is -4.64. The molecule has 14 nitrogen and oxygen atoms in total. The number of primary sulfonamides is 2. The Morgan fingerprint density at radius 2 is 1.00 bits per heavy atom. The SMILES string of the molecule is COc1ccc(S(N)(=O)=O)cc1N=Nc1c(O)c(O)c(N=Nc2cc(S(N)(=O)=O)ccc2OC)c2ccccc12. The molecule has 0 aromatic heterocycles. The highest BCUT2D eigenvalue weighted by molar-refractivity contribution is 7.89. The van der Waals surface area contributed by atoms with Gasteiger partial charge in [0.15, 0.2) is 11.5 Å². The van der Waals surface area contributed by atoms with E-state index in [1.54, 1.807) is 24.3 Å². The second-order valence-electron chi connectivity index (χ2n) is 8.10. The first kappa shape index (κ1) is 28.4. The van der Waals surface area contributed by atoms with Crippen molar-refractivity contribution in [1.82, 2.24) is 0 Å². The van der Waals surface area contributed by atoms with E-state index in [-0.39, 0.29) is 44.0 Å². The summed E-state index contributed by atoms with van der Waals surface area (Å²) in [6.45, 7) is 0. The van der Waals surface area contributed by atoms with Gasteiger partial charge in [-0.05, 0) is 36.4 Å². The van der Waals surface area contributed by atoms with Crippen LogP contribution in [0.4, 0.5) is 22.7 Å². The molecule has 0 radical (unpaired) electrons. The highest BCUT2D eigenvalue weighted by atomic mass is 32.2. The predicted octanol–water partition coefficient (Wildman–Crippen LogP) is 4.39. The van der Waals surface area contributed by atoms with Gasteiger partial charge in [-0.25, -0.2) is 27.1 Å². The third kappa shape index (κ3) is 5.69. The number of aromatic hydroxyl groups is 2. The Bertz CT molecular complexity index is 1770. The third-order valence-electron chi connectivity index (χ3n) is 5.58. The van der Waals surface area contributed by atoms with E-state index >= 15 is 0 Å². The van der Waals surface area contributed by atoms with E-state index in [1.807, 2.05) is 0 Å². The van der Waals surface area contributed by atoms with Gasteiger partial charge < -0.3 is 19.7 Å². The molecule has 16 heteroatoms. The van der Waals surface area contributed by atoms with Gasteiger partial charge in [0.1, 0.15) is 34.2 Å². The molecule has 0 aliphatic carbocycles. The Labute approximate surface area is 228 Å². The predicted molar refractivity (Wildman–Crippen MR) is 144 cm³/mol. The van der Waals surface area contributed by atoms with Crippen molar-refractivity contribution in [3.63, 3.8) is 0 Å². The molecule has 0 heterocycles. The maximum absolute atomic E-state index is 11.8. The molecule has 40 heavy (non-hydrogen) atoms. The number of fused-ring (bicyclic) bond motifs is 1. The maximum Gasteiger partial charge on any atom is 0.238 e. The molecule has 0 spiro atoms. The van der Waals surface area contributed by atoms with E-state index in [9.17, 15) is 27.0 Å². The van der Waals surface area contributed by atoms with Crippen molar-refractivity contribution in [2.45, 2.75) is 9.79 Å². The summed E-state index contributed by atoms with van der Waals surface area (Å²) in [5.41, 5.74) is -0.349. The van der Waals surface area contributed by atoms with Crippen LogP contribution >= 0.6 is 0 Å². The van der Waals surface area contributed by atoms with Crippen molar-refractivity contribution in [3.8, 4) is 23.0 Å². The van der Waals surface area contributed by atoms with Crippen molar-refractivity contribution < 1.29 is 36.5 Å². The van der Waals surface area contributed by atoms with Crippen LogP contribution in [0.25, 0.3) is 10.8 Å². The fourth-order valence-electron chi connectivity index (χ4n) is 3.64. The van der Waals surface area contributed by atoms with E-state index < -0.39 is 31.5 Å². The molecular formula is C24H22N6O8S2. The second kappa shape index (κ2) is 10.9. The normalized spacial score (nSPS) is 12.4. The summed E-state index contributed by atoms with van der Waals surface area (Å²) in [6, 6.07) is 13.9. The zero-order valence-corrected chi connectivity index (χ0v) is 22.5. The molecular weight excluding hydrogens is 564 g/mol. The van der Waals surface area contributed by atoms with E-state index in [0.29, 0.717) is 10.8 Å². The topological polar surface area (TPSA) is 229 Å². The largest absolute Gasteiger partial charge is 0.503 e. The molecule has 4 aromatic rings. The van der Waals surface area contributed by atoms with E-state index in [2.05, 4.69) is 20.5 Å². The lowest BCUT2D eigenvalue weighted by atomic mass is 10.1. The van der Waals surface area contributed by atoms with E-state index in [0.717, 1.165) is 12.1 Å². The van der Waals surface area contributed by atoms with Gasteiger partial charge in [-0.3, -0.25) is 0 Å². The minimum absolute atomic E-state index is 0.0115. The van der Waals surface area contributed by atoms with Crippen LogP contribution in [0.1, 0.15) is 0 Å². The molecule has 4 aromatic carbocycles. The lowest BCUT2D eigenvalue weighted by molar-refractivity contribution is 0.406. The van der Waals surface area contributed by atoms with Gasteiger partial charge in [0.25, 0.3) is 0 Å². The molecule has 0 bridgehead atoms. The Morgan fingerprint density at radius 1 is 0.625 bits per heavy atom. The number of ether oxygens (including phenoxy) is 2. The first-order valence-corrected chi connectivity index (χ1v) is 14.2. The number of hydrogen-bond acceptors (Lipinski definition) is 12. The average molecular weight is 587 g/mol. The molecule has 0 atom stereocenters. The summed E-state index contributed by atoms with van der Waals surface area (Å²) in [5, 5.41) is 48.8. The highest BCUT2D eigenvalue weighted by Gasteiger charge is 2.20. The molecule has 0 amide bonds. The first-order chi connectivity index (χ1) is 18.8. The van der Waals surface area contributed by atoms with Gasteiger partial charge in [-0.15, -0.1) is 20.5 Å². The second-order valence-corrected chi connectivity index (χ2v) is 11.2. The number of rotatable bonds is 8. The summed E-state index contributed by atoms with van der Waals surface area (Å²) in [6.07, 6.45) is 0. The summed E-state index contributed by atoms with van der Waals surface area (Å²) in [5.74, 6) is -1.07. The third-order valence-corrected chi connectivity index (χ3v) is 7.41. The molecule has 0 saturated carbocycles. The number of nitrogens with two attached hydrogens (primary N) is 2. The number of phenols is 2. The van der Waals surface area contributed by atoms with Crippen LogP contribution in [0.3, 0.4) is 0 Å². The van der Waals surface area contributed by atoms with E-state index in [4.69, 9.17) is 19.8 Å². The van der Waals surface area contributed by atoms with Crippen LogP contribution in [0.2, 0.25) is 0 Å². The summed E-state index contributed by atoms with van der Waals surface area (Å²) in [4.78, 5) is -0.478. The Kier molecular flexibility index (Phi) is 7.70. The molecule has 4 rings (SSSR count). The van der Waals surface area contributed by atoms with Crippen LogP contribution in [-0.2, 0) is 20.0 Å². The van der Waals surface area contributed by atoms with Crippen molar-refractivity contribution in [3.05, 3.63) is 60.7 Å². The number of sulfonamides is 2. The molecule has 0 fully saturated rings. The van der Waals surface area contributed by atoms with Crippen molar-refractivity contribution in [1.29, 1.82) is 0 Å². The van der Waals surface area contributed by atoms with Gasteiger partial charge in [-0.1, -0.05) is 24.3 Å². The van der Waals surface area contributed by atoms with Gasteiger partial charge >= 0.3 is 0 Å². The lowest BCUT2D eigenvalue weighted by Crippen LogP contribution is -2.11. The molecule has 6 N–H and O–H groups in total. The average Bonchev–Trinajstić information content (AvgIpc) is 2.91. The van der Waals surface area contributed by atoms with Gasteiger partial charge in [0.2, 0.25) is 20.0 Å². The summed E-state index contributed by atoms with van der Waals surface area (Å²) >= 11 is 0. The fraction of sp³-hybridized carbons (Fsp3) is 0.0833. The Morgan fingerprint density at radius 3 is 1.32 bits per heavy atom. The van der Waals surface area contributed by atoms with Gasteiger partial charge in [-0.2, -0.15) is 0 Å². The first-order valence-electron chi connectivity index (χ1n) is 11.1. The summed E-state index contributed by atoms with van der Waals surface area (Å²) in [7, 11) is -5.42. The number of azo groups is 2. The monoisotopic (exact) mass is 586 g/mol. The van der Waals surface area contributed by atoms with E-state index in [1.165, 1.54) is 38.5 Å². The lowest BCUT2D eigenvalue weighted by Gasteiger charge is -2.11. The molecule has 0 aliphatic rings. The van der Waals surface area contributed by atoms with Crippen LogP contribution in [0, 0.1) is 0 Å². The number of phenolic OH excluding ortho intramolecular Hbond substituents is 2. The highest BCUT2D eigenvalue weighted by Crippen LogP contribution is 2.50. The van der Waals surface area contributed by atoms with Crippen LogP contribution < -0.4 is 19.8 Å². The number of benzene rings is 4. The zero-order chi connectivity index (χ0) is 29.2. The Balaban J connectivity index is 1.86. The zero-order valence-electron chi connectivity index (χ0n) is 20.9. The fourth-order valence-corrected chi connectivity index (χ4v) is 4.70. The minimum atomic E-state index is -4.05. The van der Waals surface area contributed by atoms with Gasteiger partial charge in [0, 0.05) is 10.8 Å². The number of nitrogens with zero attached hydrogens (tertiary/aromatic N) is 4. The van der Waals surface area contributed by atoms with Crippen LogP contribution in [0.5, 0.6) is 23.0 Å².